The summed E-state index contributed by atoms with van der Waals surface area (Å²) in [6.07, 6.45) is 3.70. The van der Waals surface area contributed by atoms with Crippen LogP contribution >= 0.6 is 0 Å². The van der Waals surface area contributed by atoms with E-state index in [4.69, 9.17) is 24.4 Å². The highest BCUT2D eigenvalue weighted by molar-refractivity contribution is 6.90. The minimum Gasteiger partial charge on any atom is -0.461 e. The summed E-state index contributed by atoms with van der Waals surface area (Å²) in [5, 5.41) is 1.78. The molecule has 13 heteroatoms. The lowest BCUT2D eigenvalue weighted by Crippen LogP contribution is -2.64. The van der Waals surface area contributed by atoms with Gasteiger partial charge in [0.05, 0.1) is 40.3 Å². The first kappa shape index (κ1) is 44.8. The Morgan fingerprint density at radius 1 is 0.969 bits per heavy atom. The fourth-order valence-electron chi connectivity index (χ4n) is 12.8. The number of amides is 1. The predicted octanol–water partition coefficient (Wildman–Crippen LogP) is 11.2. The van der Waals surface area contributed by atoms with E-state index < -0.39 is 37.0 Å². The van der Waals surface area contributed by atoms with E-state index in [9.17, 15) is 9.18 Å². The van der Waals surface area contributed by atoms with Crippen LogP contribution in [-0.2, 0) is 11.2 Å². The molecule has 0 radical (unpaired) electrons. The maximum Gasteiger partial charge on any atom is 0.410 e. The van der Waals surface area contributed by atoms with Crippen molar-refractivity contribution in [1.29, 1.82) is 0 Å². The minimum atomic E-state index is -2.28. The van der Waals surface area contributed by atoms with E-state index in [0.717, 1.165) is 37.6 Å². The average Bonchev–Trinajstić information content (AvgIpc) is 3.86. The number of alkyl halides is 1. The van der Waals surface area contributed by atoms with E-state index in [-0.39, 0.29) is 59.5 Å². The van der Waals surface area contributed by atoms with Crippen molar-refractivity contribution in [2.45, 2.75) is 166 Å². The van der Waals surface area contributed by atoms with Gasteiger partial charge in [0.15, 0.2) is 5.82 Å². The molecule has 6 atom stereocenters. The Balaban J connectivity index is 1.23. The van der Waals surface area contributed by atoms with Crippen molar-refractivity contribution < 1.29 is 27.4 Å². The largest absolute Gasteiger partial charge is 0.461 e. The minimum absolute atomic E-state index is 0.0230. The van der Waals surface area contributed by atoms with Gasteiger partial charge in [0.25, 0.3) is 0 Å². The Labute approximate surface area is 377 Å². The van der Waals surface area contributed by atoms with Crippen molar-refractivity contribution in [3.63, 3.8) is 0 Å². The first-order chi connectivity index (χ1) is 30.3. The molecule has 0 saturated carbocycles. The van der Waals surface area contributed by atoms with Gasteiger partial charge < -0.3 is 14.4 Å². The number of aromatic nitrogens is 3. The second-order valence-corrected chi connectivity index (χ2v) is 27.0. The summed E-state index contributed by atoms with van der Waals surface area (Å²) in [5.74, 6) is 2.91. The van der Waals surface area contributed by atoms with Crippen molar-refractivity contribution >= 4 is 41.7 Å². The molecular formula is C51H65F3N6O3Si. The summed E-state index contributed by atoms with van der Waals surface area (Å²) in [7, 11) is -2.28. The summed E-state index contributed by atoms with van der Waals surface area (Å²) in [4.78, 5) is 35.5. The quantitative estimate of drug-likeness (QED) is 0.134. The lowest BCUT2D eigenvalue weighted by molar-refractivity contribution is 0.00450. The average molecular weight is 895 g/mol. The second kappa shape index (κ2) is 16.5. The summed E-state index contributed by atoms with van der Waals surface area (Å²) in [6, 6.07) is 8.36. The van der Waals surface area contributed by atoms with E-state index in [2.05, 4.69) is 69.7 Å². The van der Waals surface area contributed by atoms with Crippen LogP contribution in [0.3, 0.4) is 0 Å². The van der Waals surface area contributed by atoms with E-state index in [1.165, 1.54) is 6.07 Å². The van der Waals surface area contributed by atoms with Gasteiger partial charge in [0.2, 0.25) is 0 Å². The van der Waals surface area contributed by atoms with Crippen LogP contribution in [0.4, 0.5) is 23.8 Å². The van der Waals surface area contributed by atoms with Gasteiger partial charge in [-0.2, -0.15) is 9.97 Å². The van der Waals surface area contributed by atoms with E-state index in [1.807, 2.05) is 43.9 Å². The van der Waals surface area contributed by atoms with E-state index >= 15 is 8.78 Å². The molecule has 64 heavy (non-hydrogen) atoms. The molecule has 9 rings (SSSR count). The van der Waals surface area contributed by atoms with Gasteiger partial charge in [-0.3, -0.25) is 9.80 Å². The van der Waals surface area contributed by atoms with Crippen LogP contribution in [0.5, 0.6) is 6.01 Å². The highest BCUT2D eigenvalue weighted by Crippen LogP contribution is 2.47. The molecule has 4 aromatic rings. The number of piperazine rings is 1. The monoisotopic (exact) mass is 894 g/mol. The SMILES string of the molecule is CC(C)[Si](C#Cc1c(F)ccc2cccc(-c3nc4c5c(nc(OC[C@@]67CCCN6C[C@H](F)C7)nc5c3F)N3C[C@H]5CC[C@@H]([C@@H]3[C@H](C)CC4)N5C(=O)OC(C)(C)C)c12)(C(C)C)C(C)C. The smallest absolute Gasteiger partial charge is 0.410 e. The molecule has 5 aliphatic rings. The molecule has 0 spiro atoms. The van der Waals surface area contributed by atoms with Crippen molar-refractivity contribution in [3.8, 4) is 28.7 Å². The highest BCUT2D eigenvalue weighted by Gasteiger charge is 2.53. The van der Waals surface area contributed by atoms with Crippen LogP contribution in [0.1, 0.15) is 119 Å². The zero-order valence-corrected chi connectivity index (χ0v) is 40.3. The van der Waals surface area contributed by atoms with Gasteiger partial charge in [0, 0.05) is 30.5 Å². The summed E-state index contributed by atoms with van der Waals surface area (Å²) in [6.45, 7) is 23.1. The number of ether oxygens (including phenoxy) is 2. The lowest BCUT2D eigenvalue weighted by atomic mass is 9.85. The summed E-state index contributed by atoms with van der Waals surface area (Å²) >= 11 is 0. The van der Waals surface area contributed by atoms with Crippen LogP contribution < -0.4 is 9.64 Å². The maximum atomic E-state index is 18.1. The molecular weight excluding hydrogens is 830 g/mol. The third-order valence-electron chi connectivity index (χ3n) is 15.6. The molecule has 7 heterocycles. The number of nitrogens with zero attached hydrogens (tertiary/aromatic N) is 6. The van der Waals surface area contributed by atoms with Gasteiger partial charge in [-0.05, 0) is 99.8 Å². The van der Waals surface area contributed by atoms with Gasteiger partial charge in [-0.1, -0.05) is 78.7 Å². The summed E-state index contributed by atoms with van der Waals surface area (Å²) in [5.41, 5.74) is 5.12. The normalized spacial score (nSPS) is 25.8. The molecule has 9 nitrogen and oxygen atoms in total. The molecule has 1 amide bonds. The third-order valence-corrected chi connectivity index (χ3v) is 21.9. The Morgan fingerprint density at radius 2 is 1.72 bits per heavy atom. The number of halogens is 3. The number of hydrogen-bond donors (Lipinski definition) is 0. The second-order valence-electron chi connectivity index (χ2n) is 21.5. The Morgan fingerprint density at radius 3 is 2.44 bits per heavy atom. The Hall–Kier alpha value is -4.41. The number of aryl methyl sites for hydroxylation is 1. The van der Waals surface area contributed by atoms with Crippen molar-refractivity contribution in [1.82, 2.24) is 24.8 Å². The van der Waals surface area contributed by atoms with Gasteiger partial charge >= 0.3 is 12.1 Å². The fourth-order valence-corrected chi connectivity index (χ4v) is 18.0. The van der Waals surface area contributed by atoms with Crippen molar-refractivity contribution in [2.75, 3.05) is 31.1 Å². The first-order valence-electron chi connectivity index (χ1n) is 23.8. The highest BCUT2D eigenvalue weighted by atomic mass is 28.3. The number of fused-ring (bicyclic) bond motifs is 7. The molecule has 5 aliphatic heterocycles. The van der Waals surface area contributed by atoms with E-state index in [1.54, 1.807) is 6.07 Å². The standard InChI is InChI=1S/C51H65F3N6O3Si/c1-29(2)64(30(3)4,31(5)6)24-21-36-38(53)18-16-33-13-11-14-37(41(33)36)44-43(54)45-42-39(55-44)19-15-32(7)46-40-20-17-35(60(40)49(61)63-50(8,9)10)27-59(46)47(42)57-48(56-45)62-28-51-22-12-23-58(51)26-34(52)25-51/h11,13-14,16,18,29-32,34-35,40,46H,12,15,17,19-20,22-23,25-28H2,1-10H3/t32-,34-,35-,40+,46+,51+/m1/s1. The third kappa shape index (κ3) is 7.43. The zero-order chi connectivity index (χ0) is 45.6. The van der Waals surface area contributed by atoms with Crippen molar-refractivity contribution in [2.24, 2.45) is 5.92 Å². The predicted molar refractivity (Wildman–Crippen MR) is 250 cm³/mol. The lowest BCUT2D eigenvalue weighted by Gasteiger charge is -2.50. The number of rotatable bonds is 7. The molecule has 0 N–H and O–H groups in total. The van der Waals surface area contributed by atoms with Crippen LogP contribution in [0.25, 0.3) is 32.9 Å². The van der Waals surface area contributed by atoms with Gasteiger partial charge in [0.1, 0.15) is 49.3 Å². The summed E-state index contributed by atoms with van der Waals surface area (Å²) < 4.78 is 61.9. The Bertz CT molecular complexity index is 2530. The first-order valence-corrected chi connectivity index (χ1v) is 26.0. The zero-order valence-electron chi connectivity index (χ0n) is 39.3. The maximum absolute atomic E-state index is 18.1. The molecule has 2 bridgehead atoms. The topological polar surface area (TPSA) is 83.9 Å². The number of anilines is 1. The van der Waals surface area contributed by atoms with Crippen LogP contribution in [0.15, 0.2) is 30.3 Å². The number of hydrogen-bond acceptors (Lipinski definition) is 8. The number of carbonyl (C=O) groups is 1. The van der Waals surface area contributed by atoms with Crippen molar-refractivity contribution in [3.05, 3.63) is 53.2 Å². The van der Waals surface area contributed by atoms with Gasteiger partial charge in [-0.25, -0.2) is 22.9 Å². The fraction of sp³-hybridized carbons (Fsp3) is 0.608. The molecule has 4 saturated heterocycles. The number of carbonyl (C=O) groups excluding carboxylic acids is 1. The van der Waals surface area contributed by atoms with Crippen LogP contribution in [0, 0.1) is 29.0 Å². The molecule has 2 aromatic heterocycles. The van der Waals surface area contributed by atoms with Crippen LogP contribution in [0.2, 0.25) is 16.6 Å². The van der Waals surface area contributed by atoms with Gasteiger partial charge in [-0.15, -0.1) is 5.54 Å². The molecule has 4 fully saturated rings. The molecule has 2 aromatic carbocycles. The van der Waals surface area contributed by atoms with Crippen LogP contribution in [-0.4, -0.2) is 101 Å². The molecule has 0 aliphatic carbocycles. The number of benzene rings is 2. The molecule has 342 valence electrons. The van der Waals surface area contributed by atoms with E-state index in [0.29, 0.717) is 76.8 Å². The molecule has 0 unspecified atom stereocenters. The number of pyridine rings is 1. The Kier molecular flexibility index (Phi) is 11.5.